The van der Waals surface area contributed by atoms with Crippen LogP contribution in [0, 0.1) is 0 Å². The normalized spacial score (nSPS) is 14.5. The number of unbranched alkanes of at least 4 members (excludes halogenated alkanes) is 20. The second-order valence-corrected chi connectivity index (χ2v) is 19.5. The number of likely N-dealkylation sites (N-methyl/N-ethyl adjacent to an activating group) is 1. The fourth-order valence-electron chi connectivity index (χ4n) is 6.64. The molecule has 10 nitrogen and oxygen atoms in total. The predicted molar refractivity (Wildman–Crippen MR) is 262 cm³/mol. The lowest BCUT2D eigenvalue weighted by atomic mass is 10.0. The van der Waals surface area contributed by atoms with Crippen molar-refractivity contribution in [3.8, 4) is 0 Å². The molecule has 0 radical (unpaired) electrons. The van der Waals surface area contributed by atoms with Crippen LogP contribution in [-0.2, 0) is 32.7 Å². The minimum atomic E-state index is -4.41. The number of hydrogen-bond donors (Lipinski definition) is 2. The largest absolute Gasteiger partial charge is 0.472 e. The zero-order chi connectivity index (χ0) is 46.5. The van der Waals surface area contributed by atoms with Crippen LogP contribution in [-0.4, -0.2) is 86.1 Å². The summed E-state index contributed by atoms with van der Waals surface area (Å²) in [5.41, 5.74) is 0. The summed E-state index contributed by atoms with van der Waals surface area (Å²) < 4.78 is 34.3. The van der Waals surface area contributed by atoms with Crippen LogP contribution in [0.4, 0.5) is 0 Å². The summed E-state index contributed by atoms with van der Waals surface area (Å²) >= 11 is 0. The van der Waals surface area contributed by atoms with Gasteiger partial charge in [0.15, 0.2) is 6.10 Å². The van der Waals surface area contributed by atoms with E-state index < -0.39 is 32.5 Å². The van der Waals surface area contributed by atoms with Gasteiger partial charge in [0.05, 0.1) is 33.9 Å². The Hall–Kier alpha value is -2.33. The molecule has 0 saturated heterocycles. The number of carbonyl (C=O) groups excluding carboxylic acids is 2. The van der Waals surface area contributed by atoms with E-state index in [4.69, 9.17) is 18.5 Å². The van der Waals surface area contributed by atoms with Gasteiger partial charge in [0.2, 0.25) is 0 Å². The van der Waals surface area contributed by atoms with E-state index in [1.54, 1.807) is 0 Å². The zero-order valence-electron chi connectivity index (χ0n) is 40.9. The van der Waals surface area contributed by atoms with Gasteiger partial charge >= 0.3 is 19.8 Å². The molecule has 0 rings (SSSR count). The molecule has 2 N–H and O–H groups in total. The van der Waals surface area contributed by atoms with Crippen molar-refractivity contribution in [1.82, 2.24) is 0 Å². The van der Waals surface area contributed by atoms with Crippen LogP contribution in [0.5, 0.6) is 0 Å². The van der Waals surface area contributed by atoms with Gasteiger partial charge in [0.1, 0.15) is 19.8 Å². The number of esters is 2. The molecule has 0 aromatic rings. The Kier molecular flexibility index (Phi) is 41.9. The van der Waals surface area contributed by atoms with Crippen LogP contribution in [0.15, 0.2) is 60.8 Å². The van der Waals surface area contributed by atoms with Crippen LogP contribution in [0.1, 0.15) is 200 Å². The molecule has 0 spiro atoms. The summed E-state index contributed by atoms with van der Waals surface area (Å²) in [4.78, 5) is 35.5. The van der Waals surface area contributed by atoms with Gasteiger partial charge < -0.3 is 24.0 Å². The molecule has 0 amide bonds. The molecule has 1 unspecified atom stereocenters. The monoisotopic (exact) mass is 909 g/mol. The topological polar surface area (TPSA) is 129 Å². The second kappa shape index (κ2) is 43.6. The molecular weight excluding hydrogens is 814 g/mol. The van der Waals surface area contributed by atoms with Gasteiger partial charge in [-0.05, 0) is 64.2 Å². The van der Waals surface area contributed by atoms with E-state index in [0.29, 0.717) is 23.9 Å². The van der Waals surface area contributed by atoms with Crippen molar-refractivity contribution < 1.29 is 47.2 Å². The molecule has 0 heterocycles. The van der Waals surface area contributed by atoms with E-state index in [9.17, 15) is 24.2 Å². The van der Waals surface area contributed by atoms with Gasteiger partial charge in [-0.1, -0.05) is 184 Å². The van der Waals surface area contributed by atoms with Crippen LogP contribution in [0.2, 0.25) is 0 Å². The highest BCUT2D eigenvalue weighted by Crippen LogP contribution is 2.43. The zero-order valence-corrected chi connectivity index (χ0v) is 41.8. The average molecular weight is 909 g/mol. The highest BCUT2D eigenvalue weighted by Gasteiger charge is 2.27. The summed E-state index contributed by atoms with van der Waals surface area (Å²) in [6.45, 7) is 4.22. The maximum Gasteiger partial charge on any atom is 0.472 e. The summed E-state index contributed by atoms with van der Waals surface area (Å²) in [6.07, 6.45) is 50.3. The number of phosphoric acid groups is 1. The van der Waals surface area contributed by atoms with Gasteiger partial charge in [-0.3, -0.25) is 18.6 Å². The van der Waals surface area contributed by atoms with Gasteiger partial charge in [-0.2, -0.15) is 0 Å². The second-order valence-electron chi connectivity index (χ2n) is 18.0. The number of rotatable bonds is 45. The molecule has 0 aromatic carbocycles. The Morgan fingerprint density at radius 3 is 1.67 bits per heavy atom. The predicted octanol–water partition coefficient (Wildman–Crippen LogP) is 13.8. The van der Waals surface area contributed by atoms with E-state index >= 15 is 0 Å². The molecule has 11 heteroatoms. The van der Waals surface area contributed by atoms with Gasteiger partial charge in [-0.25, -0.2) is 4.57 Å². The van der Waals surface area contributed by atoms with Crippen LogP contribution < -0.4 is 0 Å². The number of carbonyl (C=O) groups is 2. The third-order valence-electron chi connectivity index (χ3n) is 10.6. The average Bonchev–Trinajstić information content (AvgIpc) is 3.23. The lowest BCUT2D eigenvalue weighted by molar-refractivity contribution is -0.870. The number of nitrogens with zero attached hydrogens (tertiary/aromatic N) is 1. The van der Waals surface area contributed by atoms with Crippen molar-refractivity contribution >= 4 is 19.8 Å². The first kappa shape index (κ1) is 60.7. The molecule has 0 aromatic heterocycles. The molecule has 0 bridgehead atoms. The number of phosphoric ester groups is 1. The molecular formula is C52H95NO9P+. The number of aliphatic hydroxyl groups is 1. The lowest BCUT2D eigenvalue weighted by Crippen LogP contribution is -2.37. The van der Waals surface area contributed by atoms with Gasteiger partial charge in [0.25, 0.3) is 0 Å². The first-order valence-corrected chi connectivity index (χ1v) is 26.6. The fourth-order valence-corrected chi connectivity index (χ4v) is 7.38. The van der Waals surface area contributed by atoms with Crippen molar-refractivity contribution in [2.24, 2.45) is 0 Å². The first-order valence-electron chi connectivity index (χ1n) is 25.1. The van der Waals surface area contributed by atoms with E-state index in [0.717, 1.165) is 57.8 Å². The summed E-state index contributed by atoms with van der Waals surface area (Å²) in [7, 11) is 1.41. The molecule has 0 saturated carbocycles. The Morgan fingerprint density at radius 1 is 0.571 bits per heavy atom. The highest BCUT2D eigenvalue weighted by atomic mass is 31.2. The Morgan fingerprint density at radius 2 is 1.06 bits per heavy atom. The summed E-state index contributed by atoms with van der Waals surface area (Å²) in [5, 5.41) is 9.92. The molecule has 3 atom stereocenters. The molecule has 0 aliphatic heterocycles. The maximum atomic E-state index is 12.7. The third-order valence-corrected chi connectivity index (χ3v) is 11.6. The van der Waals surface area contributed by atoms with Crippen LogP contribution in [0.25, 0.3) is 0 Å². The minimum absolute atomic E-state index is 0.0113. The number of quaternary nitrogens is 1. The maximum absolute atomic E-state index is 12.7. The molecule has 366 valence electrons. The fraction of sp³-hybridized carbons (Fsp3) is 0.769. The van der Waals surface area contributed by atoms with Gasteiger partial charge in [0, 0.05) is 12.8 Å². The van der Waals surface area contributed by atoms with Crippen LogP contribution >= 0.6 is 7.82 Å². The number of ether oxygens (including phenoxy) is 2. The van der Waals surface area contributed by atoms with E-state index in [1.165, 1.54) is 103 Å². The molecule has 63 heavy (non-hydrogen) atoms. The summed E-state index contributed by atoms with van der Waals surface area (Å²) in [5.74, 6) is -0.890. The smallest absolute Gasteiger partial charge is 0.462 e. The molecule has 0 aliphatic rings. The van der Waals surface area contributed by atoms with E-state index in [2.05, 4.69) is 38.2 Å². The molecule has 0 aliphatic carbocycles. The highest BCUT2D eigenvalue weighted by molar-refractivity contribution is 7.47. The third kappa shape index (κ3) is 47.5. The van der Waals surface area contributed by atoms with Crippen molar-refractivity contribution in [2.45, 2.75) is 212 Å². The van der Waals surface area contributed by atoms with E-state index in [-0.39, 0.29) is 32.2 Å². The SMILES string of the molecule is CCCCCCCC/C=C\CCCCCCCCCCCCCC(=O)OC[C@H](COP(=O)(O)OCC[N+](C)(C)C)OC(=O)CCC/C=C\C/C=C\C/C=C\C=C\[C@@H](O)CCCCC. The van der Waals surface area contributed by atoms with Crippen LogP contribution in [0.3, 0.4) is 0 Å². The van der Waals surface area contributed by atoms with Crippen molar-refractivity contribution in [3.05, 3.63) is 60.8 Å². The van der Waals surface area contributed by atoms with Gasteiger partial charge in [-0.15, -0.1) is 0 Å². The first-order chi connectivity index (χ1) is 30.4. The standard InChI is InChI=1S/C52H94NO9P/c1-6-8-10-11-12-13-14-15-16-17-18-19-20-21-22-23-26-29-32-35-39-43-51(55)59-47-50(48-61-63(57,58)60-46-45-53(3,4)5)62-52(56)44-40-36-33-30-27-24-25-28-31-34-38-42-49(54)41-37-9-7-2/h15-16,24-25,30-31,33-34,38,42,49-50,54H,6-14,17-23,26-29,32,35-37,39-41,43-48H2,1-5H3/p+1/b16-15-,25-24-,33-30-,34-31-,42-38+/t49-,50+/m0/s1. The number of aliphatic hydroxyl groups excluding tert-OH is 1. The van der Waals surface area contributed by atoms with Crippen molar-refractivity contribution in [3.63, 3.8) is 0 Å². The summed E-state index contributed by atoms with van der Waals surface area (Å²) in [6, 6.07) is 0. The number of hydrogen-bond acceptors (Lipinski definition) is 8. The van der Waals surface area contributed by atoms with Crippen molar-refractivity contribution in [1.29, 1.82) is 0 Å². The number of allylic oxidation sites excluding steroid dienone is 9. The Labute approximate surface area is 386 Å². The molecule has 0 fully saturated rings. The lowest BCUT2D eigenvalue weighted by Gasteiger charge is -2.24. The Balaban J connectivity index is 4.37. The van der Waals surface area contributed by atoms with E-state index in [1.807, 2.05) is 57.6 Å². The minimum Gasteiger partial charge on any atom is -0.462 e. The quantitative estimate of drug-likeness (QED) is 0.0153. The Bertz CT molecular complexity index is 1270. The van der Waals surface area contributed by atoms with Crippen molar-refractivity contribution in [2.75, 3.05) is 47.5 Å².